The molecule has 3 rings (SSSR count). The molecular weight excluding hydrogens is 393 g/mol. The number of amides is 1. The third-order valence-corrected chi connectivity index (χ3v) is 4.91. The van der Waals surface area contributed by atoms with Crippen molar-refractivity contribution in [3.05, 3.63) is 45.8 Å². The van der Waals surface area contributed by atoms with Crippen LogP contribution in [0.1, 0.15) is 6.92 Å². The average Bonchev–Trinajstić information content (AvgIpc) is 2.92. The molecule has 0 aliphatic carbocycles. The van der Waals surface area contributed by atoms with Crippen LogP contribution in [0.4, 0.5) is 5.69 Å². The quantitative estimate of drug-likeness (QED) is 0.523. The molecule has 1 amide bonds. The number of hydrogen-bond acceptors (Lipinski definition) is 5. The third kappa shape index (κ3) is 3.59. The number of pyridine rings is 2. The Balaban J connectivity index is 1.78. The summed E-state index contributed by atoms with van der Waals surface area (Å²) in [4.78, 5) is 16.2. The Morgan fingerprint density at radius 1 is 1.33 bits per heavy atom. The van der Waals surface area contributed by atoms with Crippen molar-refractivity contribution in [3.8, 4) is 0 Å². The Labute approximate surface area is 156 Å². The first-order valence-electron chi connectivity index (χ1n) is 6.73. The fourth-order valence-electron chi connectivity index (χ4n) is 1.91. The van der Waals surface area contributed by atoms with Crippen molar-refractivity contribution < 1.29 is 4.79 Å². The van der Waals surface area contributed by atoms with Gasteiger partial charge in [0, 0.05) is 12.4 Å². The van der Waals surface area contributed by atoms with Crippen molar-refractivity contribution in [3.63, 3.8) is 0 Å². The van der Waals surface area contributed by atoms with E-state index in [2.05, 4.69) is 20.5 Å². The summed E-state index contributed by atoms with van der Waals surface area (Å²) in [7, 11) is 0. The van der Waals surface area contributed by atoms with Gasteiger partial charge in [0.2, 0.25) is 5.91 Å². The molecule has 3 heterocycles. The number of rotatable bonds is 4. The molecule has 0 aromatic carbocycles. The topological polar surface area (TPSA) is 72.2 Å². The molecule has 10 heteroatoms. The van der Waals surface area contributed by atoms with E-state index in [1.807, 2.05) is 0 Å². The summed E-state index contributed by atoms with van der Waals surface area (Å²) in [6, 6.07) is 4.95. The Kier molecular flexibility index (Phi) is 5.15. The van der Waals surface area contributed by atoms with E-state index in [1.165, 1.54) is 11.8 Å². The zero-order valence-electron chi connectivity index (χ0n) is 12.2. The molecule has 0 unspecified atom stereocenters. The first-order valence-corrected chi connectivity index (χ1v) is 8.75. The van der Waals surface area contributed by atoms with Crippen LogP contribution in [0.2, 0.25) is 15.2 Å². The number of nitrogens with one attached hydrogen (secondary N) is 1. The number of halogens is 3. The molecule has 3 aromatic rings. The Bertz CT molecular complexity index is 917. The lowest BCUT2D eigenvalue weighted by Gasteiger charge is -2.11. The van der Waals surface area contributed by atoms with Crippen molar-refractivity contribution in [2.45, 2.75) is 17.3 Å². The number of anilines is 1. The van der Waals surface area contributed by atoms with Gasteiger partial charge < -0.3 is 5.32 Å². The summed E-state index contributed by atoms with van der Waals surface area (Å²) in [5, 5.41) is 11.9. The van der Waals surface area contributed by atoms with E-state index in [0.29, 0.717) is 26.5 Å². The minimum Gasteiger partial charge on any atom is -0.322 e. The number of nitrogens with zero attached hydrogens (tertiary/aromatic N) is 4. The summed E-state index contributed by atoms with van der Waals surface area (Å²) in [6.45, 7) is 1.75. The Morgan fingerprint density at radius 2 is 2.12 bits per heavy atom. The number of carbonyl (C=O) groups is 1. The van der Waals surface area contributed by atoms with Crippen molar-refractivity contribution in [1.29, 1.82) is 0 Å². The summed E-state index contributed by atoms with van der Waals surface area (Å²) in [5.74, 6) is -0.236. The fourth-order valence-corrected chi connectivity index (χ4v) is 3.41. The van der Waals surface area contributed by atoms with Crippen LogP contribution >= 0.6 is 46.6 Å². The van der Waals surface area contributed by atoms with Crippen LogP contribution in [0.3, 0.4) is 0 Å². The molecule has 1 N–H and O–H groups in total. The van der Waals surface area contributed by atoms with E-state index >= 15 is 0 Å². The van der Waals surface area contributed by atoms with E-state index < -0.39 is 5.25 Å². The van der Waals surface area contributed by atoms with Crippen LogP contribution in [-0.2, 0) is 4.79 Å². The van der Waals surface area contributed by atoms with Gasteiger partial charge in [0.25, 0.3) is 0 Å². The normalized spacial score (nSPS) is 12.3. The van der Waals surface area contributed by atoms with Gasteiger partial charge in [-0.25, -0.2) is 4.98 Å². The number of fused-ring (bicyclic) bond motifs is 1. The molecule has 3 aromatic heterocycles. The van der Waals surface area contributed by atoms with E-state index in [9.17, 15) is 4.79 Å². The van der Waals surface area contributed by atoms with Gasteiger partial charge in [0.15, 0.2) is 16.0 Å². The highest BCUT2D eigenvalue weighted by atomic mass is 35.5. The lowest BCUT2D eigenvalue weighted by Crippen LogP contribution is -2.23. The maximum atomic E-state index is 12.3. The van der Waals surface area contributed by atoms with Crippen LogP contribution < -0.4 is 5.32 Å². The highest BCUT2D eigenvalue weighted by molar-refractivity contribution is 8.00. The molecule has 0 aliphatic heterocycles. The second-order valence-electron chi connectivity index (χ2n) is 4.77. The van der Waals surface area contributed by atoms with Crippen LogP contribution in [0.15, 0.2) is 35.7 Å². The van der Waals surface area contributed by atoms with Crippen molar-refractivity contribution in [1.82, 2.24) is 19.6 Å². The average molecular weight is 403 g/mol. The number of aromatic nitrogens is 4. The van der Waals surface area contributed by atoms with Gasteiger partial charge in [0.1, 0.15) is 0 Å². The number of thioether (sulfide) groups is 1. The largest absolute Gasteiger partial charge is 0.322 e. The maximum Gasteiger partial charge on any atom is 0.237 e. The maximum absolute atomic E-state index is 12.3. The molecule has 0 saturated heterocycles. The first-order chi connectivity index (χ1) is 11.5. The van der Waals surface area contributed by atoms with Gasteiger partial charge in [0.05, 0.1) is 21.0 Å². The summed E-state index contributed by atoms with van der Waals surface area (Å²) < 4.78 is 1.65. The fraction of sp³-hybridized carbons (Fsp3) is 0.143. The third-order valence-electron chi connectivity index (χ3n) is 3.06. The van der Waals surface area contributed by atoms with Crippen molar-refractivity contribution in [2.24, 2.45) is 0 Å². The van der Waals surface area contributed by atoms with Crippen LogP contribution in [-0.4, -0.2) is 30.7 Å². The van der Waals surface area contributed by atoms with Crippen LogP contribution in [0, 0.1) is 0 Å². The Morgan fingerprint density at radius 3 is 2.88 bits per heavy atom. The van der Waals surface area contributed by atoms with Gasteiger partial charge in [-0.05, 0) is 25.1 Å². The summed E-state index contributed by atoms with van der Waals surface area (Å²) in [6.07, 6.45) is 3.19. The standard InChI is InChI=1S/C14H10Cl3N5OS/c1-7(13(23)19-10-3-2-4-18-11(10)17)24-14-21-20-12-9(16)5-8(15)6-22(12)14/h2-7H,1H3,(H,19,23)/t7-/m0/s1. The van der Waals surface area contributed by atoms with Gasteiger partial charge in [-0.15, -0.1) is 10.2 Å². The molecule has 0 radical (unpaired) electrons. The van der Waals surface area contributed by atoms with Gasteiger partial charge in [-0.2, -0.15) is 0 Å². The number of carbonyl (C=O) groups excluding carboxylic acids is 1. The SMILES string of the molecule is C[C@H](Sc1nnc2c(Cl)cc(Cl)cn12)C(=O)Nc1cccnc1Cl. The smallest absolute Gasteiger partial charge is 0.237 e. The molecule has 0 aliphatic rings. The van der Waals surface area contributed by atoms with Gasteiger partial charge in [-0.3, -0.25) is 9.20 Å². The lowest BCUT2D eigenvalue weighted by atomic mass is 10.4. The van der Waals surface area contributed by atoms with Gasteiger partial charge >= 0.3 is 0 Å². The Hall–Kier alpha value is -1.54. The van der Waals surface area contributed by atoms with Crippen molar-refractivity contribution >= 4 is 63.8 Å². The number of hydrogen-bond donors (Lipinski definition) is 1. The van der Waals surface area contributed by atoms with Gasteiger partial charge in [-0.1, -0.05) is 46.6 Å². The molecule has 0 fully saturated rings. The molecule has 0 spiro atoms. The predicted octanol–water partition coefficient (Wildman–Crippen LogP) is 4.20. The molecule has 1 atom stereocenters. The predicted molar refractivity (Wildman–Crippen MR) is 96.2 cm³/mol. The minimum absolute atomic E-state index is 0.231. The lowest BCUT2D eigenvalue weighted by molar-refractivity contribution is -0.115. The minimum atomic E-state index is -0.452. The molecule has 0 saturated carbocycles. The monoisotopic (exact) mass is 401 g/mol. The second-order valence-corrected chi connectivity index (χ2v) is 7.28. The zero-order valence-corrected chi connectivity index (χ0v) is 15.3. The van der Waals surface area contributed by atoms with E-state index in [-0.39, 0.29) is 11.1 Å². The summed E-state index contributed by atoms with van der Waals surface area (Å²) in [5.41, 5.74) is 0.931. The van der Waals surface area contributed by atoms with E-state index in [0.717, 1.165) is 0 Å². The van der Waals surface area contributed by atoms with Crippen LogP contribution in [0.25, 0.3) is 5.65 Å². The molecule has 6 nitrogen and oxygen atoms in total. The molecule has 24 heavy (non-hydrogen) atoms. The van der Waals surface area contributed by atoms with E-state index in [4.69, 9.17) is 34.8 Å². The van der Waals surface area contributed by atoms with Crippen LogP contribution in [0.5, 0.6) is 0 Å². The molecular formula is C14H10Cl3N5OS. The summed E-state index contributed by atoms with van der Waals surface area (Å²) >= 11 is 19.3. The second kappa shape index (κ2) is 7.14. The highest BCUT2D eigenvalue weighted by Gasteiger charge is 2.20. The van der Waals surface area contributed by atoms with Crippen molar-refractivity contribution in [2.75, 3.05) is 5.32 Å². The first kappa shape index (κ1) is 17.3. The highest BCUT2D eigenvalue weighted by Crippen LogP contribution is 2.28. The molecule has 0 bridgehead atoms. The van der Waals surface area contributed by atoms with E-state index in [1.54, 1.807) is 41.9 Å². The zero-order chi connectivity index (χ0) is 17.3. The molecule has 124 valence electrons.